The molecule has 1 saturated heterocycles. The van der Waals surface area contributed by atoms with E-state index in [2.05, 4.69) is 10.2 Å². The van der Waals surface area contributed by atoms with Gasteiger partial charge in [-0.05, 0) is 37.1 Å². The zero-order valence-electron chi connectivity index (χ0n) is 13.5. The molecule has 0 atom stereocenters. The summed E-state index contributed by atoms with van der Waals surface area (Å²) < 4.78 is 12.9. The fraction of sp³-hybridized carbons (Fsp3) is 0.529. The van der Waals surface area contributed by atoms with Crippen LogP contribution in [0.15, 0.2) is 29.2 Å². The molecule has 0 aromatic heterocycles. The summed E-state index contributed by atoms with van der Waals surface area (Å²) in [6, 6.07) is 6.56. The maximum absolute atomic E-state index is 12.9. The largest absolute Gasteiger partial charge is 0.352 e. The van der Waals surface area contributed by atoms with Gasteiger partial charge in [-0.3, -0.25) is 14.5 Å². The molecule has 1 aliphatic carbocycles. The van der Waals surface area contributed by atoms with Crippen molar-refractivity contribution in [3.8, 4) is 0 Å². The van der Waals surface area contributed by atoms with Gasteiger partial charge >= 0.3 is 0 Å². The van der Waals surface area contributed by atoms with Crippen molar-refractivity contribution in [1.82, 2.24) is 15.1 Å². The number of rotatable bonds is 6. The summed E-state index contributed by atoms with van der Waals surface area (Å²) >= 11 is 1.42. The van der Waals surface area contributed by atoms with Crippen molar-refractivity contribution in [2.75, 3.05) is 38.5 Å². The number of benzene rings is 1. The van der Waals surface area contributed by atoms with Gasteiger partial charge in [0.1, 0.15) is 5.82 Å². The Morgan fingerprint density at radius 3 is 2.42 bits per heavy atom. The third-order valence-electron chi connectivity index (χ3n) is 4.21. The van der Waals surface area contributed by atoms with Crippen LogP contribution in [-0.2, 0) is 9.59 Å². The Balaban J connectivity index is 1.36. The van der Waals surface area contributed by atoms with E-state index in [1.807, 2.05) is 4.90 Å². The number of thioether (sulfide) groups is 1. The summed E-state index contributed by atoms with van der Waals surface area (Å²) in [6.07, 6.45) is 2.19. The molecule has 0 radical (unpaired) electrons. The van der Waals surface area contributed by atoms with E-state index < -0.39 is 0 Å². The number of carbonyl (C=O) groups is 2. The molecule has 5 nitrogen and oxygen atoms in total. The molecule has 1 N–H and O–H groups in total. The van der Waals surface area contributed by atoms with Crippen LogP contribution in [-0.4, -0.2) is 66.1 Å². The van der Waals surface area contributed by atoms with Gasteiger partial charge in [-0.1, -0.05) is 0 Å². The highest BCUT2D eigenvalue weighted by Gasteiger charge is 2.26. The van der Waals surface area contributed by atoms with Crippen LogP contribution in [0.25, 0.3) is 0 Å². The lowest BCUT2D eigenvalue weighted by Gasteiger charge is -2.34. The summed E-state index contributed by atoms with van der Waals surface area (Å²) in [5.41, 5.74) is 0. The second kappa shape index (κ2) is 7.98. The van der Waals surface area contributed by atoms with E-state index in [0.717, 1.165) is 30.8 Å². The molecule has 2 amide bonds. The van der Waals surface area contributed by atoms with Gasteiger partial charge in [0.15, 0.2) is 0 Å². The summed E-state index contributed by atoms with van der Waals surface area (Å²) in [7, 11) is 0. The fourth-order valence-electron chi connectivity index (χ4n) is 2.63. The summed E-state index contributed by atoms with van der Waals surface area (Å²) in [6.45, 7) is 3.18. The molecule has 2 aliphatic rings. The first kappa shape index (κ1) is 17.2. The van der Waals surface area contributed by atoms with Crippen molar-refractivity contribution in [2.24, 2.45) is 0 Å². The van der Waals surface area contributed by atoms with E-state index in [1.165, 1.54) is 23.9 Å². The maximum atomic E-state index is 12.9. The molecule has 1 heterocycles. The van der Waals surface area contributed by atoms with Crippen molar-refractivity contribution in [2.45, 2.75) is 23.8 Å². The van der Waals surface area contributed by atoms with E-state index in [4.69, 9.17) is 0 Å². The van der Waals surface area contributed by atoms with E-state index >= 15 is 0 Å². The first-order valence-electron chi connectivity index (χ1n) is 8.28. The van der Waals surface area contributed by atoms with Crippen molar-refractivity contribution < 1.29 is 14.0 Å². The van der Waals surface area contributed by atoms with E-state index in [1.54, 1.807) is 12.1 Å². The predicted molar refractivity (Wildman–Crippen MR) is 91.3 cm³/mol. The Labute approximate surface area is 145 Å². The maximum Gasteiger partial charge on any atom is 0.234 e. The second-order valence-corrected chi connectivity index (χ2v) is 7.29. The van der Waals surface area contributed by atoms with Gasteiger partial charge in [-0.15, -0.1) is 11.8 Å². The third kappa shape index (κ3) is 5.21. The molecule has 1 aromatic carbocycles. The number of amides is 2. The van der Waals surface area contributed by atoms with Crippen molar-refractivity contribution in [3.63, 3.8) is 0 Å². The number of halogens is 1. The summed E-state index contributed by atoms with van der Waals surface area (Å²) in [5.74, 6) is 0.261. The van der Waals surface area contributed by atoms with Crippen LogP contribution in [0.2, 0.25) is 0 Å². The third-order valence-corrected chi connectivity index (χ3v) is 5.21. The van der Waals surface area contributed by atoms with E-state index in [-0.39, 0.29) is 17.6 Å². The molecule has 1 aliphatic heterocycles. The Bertz CT molecular complexity index is 584. The molecule has 24 heavy (non-hydrogen) atoms. The minimum absolute atomic E-state index is 0.0872. The monoisotopic (exact) mass is 351 g/mol. The molecular weight excluding hydrogens is 329 g/mol. The molecule has 1 saturated carbocycles. The molecular formula is C17H22FN3O2S. The average Bonchev–Trinajstić information content (AvgIpc) is 3.38. The fourth-order valence-corrected chi connectivity index (χ4v) is 3.43. The van der Waals surface area contributed by atoms with Crippen LogP contribution in [0.5, 0.6) is 0 Å². The van der Waals surface area contributed by atoms with Crippen LogP contribution >= 0.6 is 11.8 Å². The SMILES string of the molecule is O=C(CN1CCN(C(=O)CSc2ccc(F)cc2)CC1)NC1CC1. The van der Waals surface area contributed by atoms with Gasteiger partial charge in [0, 0.05) is 37.1 Å². The van der Waals surface area contributed by atoms with Gasteiger partial charge in [0.2, 0.25) is 11.8 Å². The topological polar surface area (TPSA) is 52.7 Å². The number of hydrogen-bond acceptors (Lipinski definition) is 4. The average molecular weight is 351 g/mol. The minimum atomic E-state index is -0.271. The molecule has 7 heteroatoms. The highest BCUT2D eigenvalue weighted by molar-refractivity contribution is 8.00. The van der Waals surface area contributed by atoms with Crippen LogP contribution < -0.4 is 5.32 Å². The van der Waals surface area contributed by atoms with Crippen molar-refractivity contribution >= 4 is 23.6 Å². The van der Waals surface area contributed by atoms with E-state index in [0.29, 0.717) is 31.4 Å². The Morgan fingerprint density at radius 1 is 1.12 bits per heavy atom. The number of nitrogens with zero attached hydrogens (tertiary/aromatic N) is 2. The highest BCUT2D eigenvalue weighted by Crippen LogP contribution is 2.19. The lowest BCUT2D eigenvalue weighted by molar-refractivity contribution is -0.130. The Morgan fingerprint density at radius 2 is 1.79 bits per heavy atom. The van der Waals surface area contributed by atoms with Crippen LogP contribution in [0.3, 0.4) is 0 Å². The number of hydrogen-bond donors (Lipinski definition) is 1. The van der Waals surface area contributed by atoms with E-state index in [9.17, 15) is 14.0 Å². The van der Waals surface area contributed by atoms with Gasteiger partial charge in [-0.2, -0.15) is 0 Å². The molecule has 0 unspecified atom stereocenters. The molecule has 3 rings (SSSR count). The van der Waals surface area contributed by atoms with Crippen LogP contribution in [0, 0.1) is 5.82 Å². The second-order valence-electron chi connectivity index (χ2n) is 6.24. The Hall–Kier alpha value is -1.60. The molecule has 2 fully saturated rings. The summed E-state index contributed by atoms with van der Waals surface area (Å²) in [5, 5.41) is 2.99. The van der Waals surface area contributed by atoms with Gasteiger partial charge in [0.25, 0.3) is 0 Å². The Kier molecular flexibility index (Phi) is 5.73. The smallest absolute Gasteiger partial charge is 0.234 e. The lowest BCUT2D eigenvalue weighted by Crippen LogP contribution is -2.51. The zero-order valence-corrected chi connectivity index (χ0v) is 14.4. The molecule has 130 valence electrons. The molecule has 1 aromatic rings. The van der Waals surface area contributed by atoms with Gasteiger partial charge in [0.05, 0.1) is 12.3 Å². The first-order valence-corrected chi connectivity index (χ1v) is 9.26. The zero-order chi connectivity index (χ0) is 16.9. The number of piperazine rings is 1. The van der Waals surface area contributed by atoms with Crippen LogP contribution in [0.1, 0.15) is 12.8 Å². The normalized spacial score (nSPS) is 18.5. The highest BCUT2D eigenvalue weighted by atomic mass is 32.2. The summed E-state index contributed by atoms with van der Waals surface area (Å²) in [4.78, 5) is 28.9. The van der Waals surface area contributed by atoms with Crippen molar-refractivity contribution in [3.05, 3.63) is 30.1 Å². The predicted octanol–water partition coefficient (Wildman–Crippen LogP) is 1.34. The first-order chi connectivity index (χ1) is 11.6. The molecule has 0 spiro atoms. The van der Waals surface area contributed by atoms with Crippen LogP contribution in [0.4, 0.5) is 4.39 Å². The van der Waals surface area contributed by atoms with Gasteiger partial charge in [-0.25, -0.2) is 4.39 Å². The standard InChI is InChI=1S/C17H22FN3O2S/c18-13-1-5-15(6-2-13)24-12-17(23)21-9-7-20(8-10-21)11-16(22)19-14-3-4-14/h1-2,5-6,14H,3-4,7-12H2,(H,19,22). The lowest BCUT2D eigenvalue weighted by atomic mass is 10.3. The van der Waals surface area contributed by atoms with Crippen molar-refractivity contribution in [1.29, 1.82) is 0 Å². The molecule has 0 bridgehead atoms. The van der Waals surface area contributed by atoms with Gasteiger partial charge < -0.3 is 10.2 Å². The minimum Gasteiger partial charge on any atom is -0.352 e. The quantitative estimate of drug-likeness (QED) is 0.786. The number of carbonyl (C=O) groups excluding carboxylic acids is 2. The number of nitrogens with one attached hydrogen (secondary N) is 1.